The van der Waals surface area contributed by atoms with Gasteiger partial charge in [-0.15, -0.1) is 0 Å². The maximum atomic E-state index is 13.3. The molecule has 1 fully saturated rings. The molecule has 140 valence electrons. The molecule has 0 aliphatic heterocycles. The number of nitrogens with one attached hydrogen (secondary N) is 1. The van der Waals surface area contributed by atoms with Gasteiger partial charge >= 0.3 is 0 Å². The van der Waals surface area contributed by atoms with Crippen LogP contribution in [0.25, 0.3) is 10.9 Å². The van der Waals surface area contributed by atoms with Crippen molar-refractivity contribution in [2.75, 3.05) is 7.05 Å². The summed E-state index contributed by atoms with van der Waals surface area (Å²) < 4.78 is 1.87. The van der Waals surface area contributed by atoms with E-state index in [2.05, 4.69) is 19.2 Å². The van der Waals surface area contributed by atoms with Crippen molar-refractivity contribution in [2.45, 2.75) is 56.5 Å². The molecule has 0 saturated heterocycles. The number of para-hydroxylation sites is 1. The lowest BCUT2D eigenvalue weighted by atomic mass is 9.78. The fourth-order valence-electron chi connectivity index (χ4n) is 3.83. The molecule has 1 N–H and O–H groups in total. The Morgan fingerprint density at radius 2 is 2.04 bits per heavy atom. The number of amides is 1. The van der Waals surface area contributed by atoms with Crippen LogP contribution in [0.3, 0.4) is 0 Å². The van der Waals surface area contributed by atoms with Gasteiger partial charge in [0.2, 0.25) is 5.91 Å². The van der Waals surface area contributed by atoms with E-state index >= 15 is 0 Å². The lowest BCUT2D eigenvalue weighted by Crippen LogP contribution is -2.36. The molecule has 1 aromatic heterocycles. The number of carbonyl (C=O) groups excluding carboxylic acids is 1. The molecule has 1 aromatic carbocycles. The van der Waals surface area contributed by atoms with Crippen LogP contribution in [0.5, 0.6) is 0 Å². The van der Waals surface area contributed by atoms with Crippen LogP contribution >= 0.6 is 11.8 Å². The first-order chi connectivity index (χ1) is 12.4. The first kappa shape index (κ1) is 19.0. The first-order valence-electron chi connectivity index (χ1n) is 9.33. The standard InChI is InChI=1S/C20H27N3O2S/c1-12-8-7-11-17(13(12)2)23-19(25)15-9-5-6-10-16(15)22-20(23)26-14(3)18(24)21-4/h5-6,9-10,12-14,17H,7-8,11H2,1-4H3,(H,21,24)/t12-,13+,14-,17+/m0/s1. The highest BCUT2D eigenvalue weighted by molar-refractivity contribution is 8.00. The summed E-state index contributed by atoms with van der Waals surface area (Å²) in [5, 5.41) is 3.66. The predicted molar refractivity (Wildman–Crippen MR) is 107 cm³/mol. The molecule has 1 heterocycles. The molecule has 1 aliphatic carbocycles. The maximum absolute atomic E-state index is 13.3. The number of benzene rings is 1. The summed E-state index contributed by atoms with van der Waals surface area (Å²) in [4.78, 5) is 30.1. The van der Waals surface area contributed by atoms with Crippen LogP contribution in [0.4, 0.5) is 0 Å². The fourth-order valence-corrected chi connectivity index (χ4v) is 4.86. The summed E-state index contributed by atoms with van der Waals surface area (Å²) in [6, 6.07) is 7.60. The van der Waals surface area contributed by atoms with E-state index in [9.17, 15) is 9.59 Å². The zero-order valence-corrected chi connectivity index (χ0v) is 16.7. The fraction of sp³-hybridized carbons (Fsp3) is 0.550. The Kier molecular flexibility index (Phi) is 5.70. The zero-order valence-electron chi connectivity index (χ0n) is 15.9. The van der Waals surface area contributed by atoms with Crippen molar-refractivity contribution >= 4 is 28.6 Å². The van der Waals surface area contributed by atoms with Crippen LogP contribution < -0.4 is 10.9 Å². The predicted octanol–water partition coefficient (Wildman–Crippen LogP) is 3.62. The lowest BCUT2D eigenvalue weighted by Gasteiger charge is -2.36. The van der Waals surface area contributed by atoms with Gasteiger partial charge in [-0.3, -0.25) is 14.2 Å². The third kappa shape index (κ3) is 3.52. The van der Waals surface area contributed by atoms with Crippen LogP contribution in [0.15, 0.2) is 34.2 Å². The highest BCUT2D eigenvalue weighted by atomic mass is 32.2. The number of fused-ring (bicyclic) bond motifs is 1. The number of aromatic nitrogens is 2. The van der Waals surface area contributed by atoms with Crippen molar-refractivity contribution in [3.63, 3.8) is 0 Å². The zero-order chi connectivity index (χ0) is 18.8. The van der Waals surface area contributed by atoms with E-state index in [1.54, 1.807) is 7.05 Å². The summed E-state index contributed by atoms with van der Waals surface area (Å²) in [6.07, 6.45) is 3.29. The van der Waals surface area contributed by atoms with Gasteiger partial charge in [0.1, 0.15) is 0 Å². The second-order valence-corrected chi connectivity index (χ2v) is 8.60. The van der Waals surface area contributed by atoms with E-state index in [1.807, 2.05) is 35.8 Å². The smallest absolute Gasteiger partial charge is 0.262 e. The Labute approximate surface area is 158 Å². The molecule has 6 heteroatoms. The number of nitrogens with zero attached hydrogens (tertiary/aromatic N) is 2. The van der Waals surface area contributed by atoms with E-state index in [4.69, 9.17) is 4.98 Å². The van der Waals surface area contributed by atoms with E-state index < -0.39 is 0 Å². The molecule has 0 unspecified atom stereocenters. The molecular formula is C20H27N3O2S. The molecule has 1 saturated carbocycles. The van der Waals surface area contributed by atoms with E-state index in [-0.39, 0.29) is 22.8 Å². The van der Waals surface area contributed by atoms with Crippen LogP contribution in [-0.4, -0.2) is 27.8 Å². The molecule has 0 spiro atoms. The third-order valence-corrected chi connectivity index (χ3v) is 6.74. The maximum Gasteiger partial charge on any atom is 0.262 e. The van der Waals surface area contributed by atoms with Crippen LogP contribution in [0, 0.1) is 11.8 Å². The number of rotatable bonds is 4. The molecule has 3 rings (SSSR count). The van der Waals surface area contributed by atoms with Crippen molar-refractivity contribution < 1.29 is 4.79 Å². The molecule has 1 amide bonds. The first-order valence-corrected chi connectivity index (χ1v) is 10.2. The van der Waals surface area contributed by atoms with Crippen molar-refractivity contribution in [1.29, 1.82) is 0 Å². The van der Waals surface area contributed by atoms with Crippen LogP contribution in [0.2, 0.25) is 0 Å². The average molecular weight is 374 g/mol. The molecule has 5 nitrogen and oxygen atoms in total. The number of carbonyl (C=O) groups is 1. The second-order valence-electron chi connectivity index (χ2n) is 7.30. The molecule has 26 heavy (non-hydrogen) atoms. The quantitative estimate of drug-likeness (QED) is 0.657. The van der Waals surface area contributed by atoms with Crippen molar-refractivity contribution in [2.24, 2.45) is 11.8 Å². The molecule has 4 atom stereocenters. The molecular weight excluding hydrogens is 346 g/mol. The summed E-state index contributed by atoms with van der Waals surface area (Å²) >= 11 is 1.37. The van der Waals surface area contributed by atoms with Crippen LogP contribution in [-0.2, 0) is 4.79 Å². The van der Waals surface area contributed by atoms with Crippen LogP contribution in [0.1, 0.15) is 46.1 Å². The van der Waals surface area contributed by atoms with Gasteiger partial charge < -0.3 is 5.32 Å². The Balaban J connectivity index is 2.14. The highest BCUT2D eigenvalue weighted by Gasteiger charge is 2.32. The molecule has 0 bridgehead atoms. The summed E-state index contributed by atoms with van der Waals surface area (Å²) in [5.41, 5.74) is 0.699. The largest absolute Gasteiger partial charge is 0.358 e. The number of hydrogen-bond donors (Lipinski definition) is 1. The Bertz CT molecular complexity index is 864. The Hall–Kier alpha value is -1.82. The van der Waals surface area contributed by atoms with Gasteiger partial charge in [-0.1, -0.05) is 50.6 Å². The third-order valence-electron chi connectivity index (χ3n) is 5.67. The van der Waals surface area contributed by atoms with Gasteiger partial charge in [0.25, 0.3) is 5.56 Å². The Morgan fingerprint density at radius 1 is 1.31 bits per heavy atom. The monoisotopic (exact) mass is 373 g/mol. The molecule has 2 aromatic rings. The molecule has 1 aliphatic rings. The normalized spacial score (nSPS) is 24.4. The van der Waals surface area contributed by atoms with E-state index in [0.29, 0.717) is 27.9 Å². The highest BCUT2D eigenvalue weighted by Crippen LogP contribution is 2.39. The number of thioether (sulfide) groups is 1. The van der Waals surface area contributed by atoms with Gasteiger partial charge in [0, 0.05) is 13.1 Å². The topological polar surface area (TPSA) is 64.0 Å². The van der Waals surface area contributed by atoms with Gasteiger partial charge in [-0.2, -0.15) is 0 Å². The van der Waals surface area contributed by atoms with Gasteiger partial charge in [0.15, 0.2) is 5.16 Å². The van der Waals surface area contributed by atoms with Crippen molar-refractivity contribution in [3.8, 4) is 0 Å². The summed E-state index contributed by atoms with van der Waals surface area (Å²) in [6.45, 7) is 6.34. The average Bonchev–Trinajstić information content (AvgIpc) is 2.64. The second kappa shape index (κ2) is 7.82. The van der Waals surface area contributed by atoms with Gasteiger partial charge in [0.05, 0.1) is 16.2 Å². The van der Waals surface area contributed by atoms with Crippen molar-refractivity contribution in [3.05, 3.63) is 34.6 Å². The molecule has 0 radical (unpaired) electrons. The lowest BCUT2D eigenvalue weighted by molar-refractivity contribution is -0.119. The minimum absolute atomic E-state index is 0.00755. The summed E-state index contributed by atoms with van der Waals surface area (Å²) in [7, 11) is 1.63. The van der Waals surface area contributed by atoms with Gasteiger partial charge in [-0.05, 0) is 37.3 Å². The minimum atomic E-state index is -0.310. The SMILES string of the molecule is CNC(=O)[C@H](C)Sc1nc2ccccc2c(=O)n1[C@@H]1CCC[C@H](C)[C@H]1C. The van der Waals surface area contributed by atoms with E-state index in [0.717, 1.165) is 12.8 Å². The Morgan fingerprint density at radius 3 is 2.77 bits per heavy atom. The van der Waals surface area contributed by atoms with Gasteiger partial charge in [-0.25, -0.2) is 4.98 Å². The minimum Gasteiger partial charge on any atom is -0.358 e. The summed E-state index contributed by atoms with van der Waals surface area (Å²) in [5.74, 6) is 0.912. The van der Waals surface area contributed by atoms with E-state index in [1.165, 1.54) is 18.2 Å². The number of hydrogen-bond acceptors (Lipinski definition) is 4. The van der Waals surface area contributed by atoms with Crippen molar-refractivity contribution in [1.82, 2.24) is 14.9 Å².